The van der Waals surface area contributed by atoms with Crippen LogP contribution in [-0.2, 0) is 6.18 Å². The van der Waals surface area contributed by atoms with E-state index in [1.165, 1.54) is 17.3 Å². The van der Waals surface area contributed by atoms with Crippen molar-refractivity contribution in [3.63, 3.8) is 0 Å². The van der Waals surface area contributed by atoms with Crippen molar-refractivity contribution in [2.24, 2.45) is 5.10 Å². The van der Waals surface area contributed by atoms with Crippen molar-refractivity contribution >= 4 is 27.3 Å². The van der Waals surface area contributed by atoms with E-state index in [1.807, 2.05) is 6.92 Å². The highest BCUT2D eigenvalue weighted by Gasteiger charge is 2.30. The molecule has 0 aromatic heterocycles. The Labute approximate surface area is 117 Å². The van der Waals surface area contributed by atoms with E-state index in [9.17, 15) is 13.2 Å². The summed E-state index contributed by atoms with van der Waals surface area (Å²) in [7, 11) is 0. The Morgan fingerprint density at radius 1 is 1.32 bits per heavy atom. The molecule has 0 saturated heterocycles. The Kier molecular flexibility index (Phi) is 4.15. The average Bonchev–Trinajstić information content (AvgIpc) is 2.71. The van der Waals surface area contributed by atoms with Crippen LogP contribution in [0.1, 0.15) is 18.9 Å². The van der Waals surface area contributed by atoms with E-state index < -0.39 is 11.7 Å². The molecule has 1 aliphatic heterocycles. The zero-order chi connectivity index (χ0) is 14.0. The number of nitrogens with zero attached hydrogens (tertiary/aromatic N) is 2. The normalized spacial score (nSPS) is 19.7. The monoisotopic (exact) mass is 335 g/mol. The molecule has 19 heavy (non-hydrogen) atoms. The number of alkyl halides is 4. The van der Waals surface area contributed by atoms with Crippen molar-refractivity contribution in [3.8, 4) is 0 Å². The quantitative estimate of drug-likeness (QED) is 0.855. The molecule has 1 N–H and O–H groups in total. The number of rotatable bonds is 3. The maximum Gasteiger partial charge on any atom is 0.416 e. The van der Waals surface area contributed by atoms with E-state index in [2.05, 4.69) is 26.5 Å². The first kappa shape index (κ1) is 14.3. The summed E-state index contributed by atoms with van der Waals surface area (Å²) in [4.78, 5) is 0. The Hall–Kier alpha value is -1.08. The third-order valence-corrected chi connectivity index (χ3v) is 3.33. The number of hydrogen-bond acceptors (Lipinski definition) is 3. The van der Waals surface area contributed by atoms with Gasteiger partial charge in [-0.25, -0.2) is 5.43 Å². The van der Waals surface area contributed by atoms with Crippen LogP contribution in [-0.4, -0.2) is 17.1 Å². The smallest absolute Gasteiger partial charge is 0.204 e. The van der Waals surface area contributed by atoms with Gasteiger partial charge in [-0.05, 0) is 37.6 Å². The summed E-state index contributed by atoms with van der Waals surface area (Å²) in [5, 5.41) is 6.64. The second kappa shape index (κ2) is 5.50. The molecule has 1 atom stereocenters. The summed E-state index contributed by atoms with van der Waals surface area (Å²) in [5.74, 6) is 0. The first-order valence-electron chi connectivity index (χ1n) is 5.76. The molecule has 1 aromatic carbocycles. The molecule has 0 aliphatic carbocycles. The van der Waals surface area contributed by atoms with Gasteiger partial charge in [-0.15, -0.1) is 0 Å². The summed E-state index contributed by atoms with van der Waals surface area (Å²) in [6.45, 7) is 1.89. The van der Waals surface area contributed by atoms with Crippen molar-refractivity contribution in [1.29, 1.82) is 0 Å². The van der Waals surface area contributed by atoms with Crippen LogP contribution in [0.3, 0.4) is 0 Å². The second-order valence-corrected chi connectivity index (χ2v) is 5.05. The minimum atomic E-state index is -4.31. The molecule has 0 radical (unpaired) electrons. The Morgan fingerprint density at radius 3 is 2.47 bits per heavy atom. The van der Waals surface area contributed by atoms with Gasteiger partial charge in [0, 0.05) is 5.33 Å². The molecule has 1 aliphatic rings. The lowest BCUT2D eigenvalue weighted by Gasteiger charge is -2.17. The largest absolute Gasteiger partial charge is 0.416 e. The van der Waals surface area contributed by atoms with E-state index in [0.29, 0.717) is 5.69 Å². The number of anilines is 1. The van der Waals surface area contributed by atoms with Gasteiger partial charge in [0.2, 0.25) is 0 Å². The fourth-order valence-electron chi connectivity index (χ4n) is 1.80. The maximum absolute atomic E-state index is 12.5. The molecule has 0 amide bonds. The third kappa shape index (κ3) is 3.27. The van der Waals surface area contributed by atoms with Gasteiger partial charge in [-0.1, -0.05) is 15.9 Å². The molecule has 1 aromatic rings. The van der Waals surface area contributed by atoms with Gasteiger partial charge in [0.1, 0.15) is 0 Å². The molecule has 7 heteroatoms. The number of nitrogens with one attached hydrogen (secondary N) is 1. The molecule has 104 valence electrons. The molecule has 0 bridgehead atoms. The highest BCUT2D eigenvalue weighted by atomic mass is 79.9. The van der Waals surface area contributed by atoms with Crippen molar-refractivity contribution < 1.29 is 13.2 Å². The standard InChI is InChI=1S/C12H13BrF3N3/c1-8-11(6-7-13)18-19(17-8)10-4-2-9(3-5-10)12(14,15)16/h2-5,11,18H,6-7H2,1H3. The van der Waals surface area contributed by atoms with E-state index in [0.717, 1.165) is 29.6 Å². The number of halogens is 4. The van der Waals surface area contributed by atoms with Crippen LogP contribution in [0, 0.1) is 0 Å². The highest BCUT2D eigenvalue weighted by Crippen LogP contribution is 2.30. The minimum Gasteiger partial charge on any atom is -0.204 e. The fourth-order valence-corrected chi connectivity index (χ4v) is 2.26. The molecular weight excluding hydrogens is 323 g/mol. The lowest BCUT2D eigenvalue weighted by Crippen LogP contribution is -2.37. The number of hydrazine groups is 1. The van der Waals surface area contributed by atoms with Gasteiger partial charge in [-0.3, -0.25) is 0 Å². The molecule has 1 heterocycles. The van der Waals surface area contributed by atoms with Crippen molar-refractivity contribution in [2.45, 2.75) is 25.6 Å². The predicted molar refractivity (Wildman–Crippen MR) is 72.4 cm³/mol. The van der Waals surface area contributed by atoms with Gasteiger partial charge in [0.25, 0.3) is 0 Å². The molecule has 3 nitrogen and oxygen atoms in total. The van der Waals surface area contributed by atoms with Crippen LogP contribution in [0.2, 0.25) is 0 Å². The Balaban J connectivity index is 2.12. The Bertz CT molecular complexity index is 470. The van der Waals surface area contributed by atoms with Gasteiger partial charge in [0.05, 0.1) is 23.0 Å². The van der Waals surface area contributed by atoms with Gasteiger partial charge in [-0.2, -0.15) is 23.4 Å². The molecule has 0 fully saturated rings. The van der Waals surface area contributed by atoms with Crippen LogP contribution < -0.4 is 10.5 Å². The number of benzene rings is 1. The van der Waals surface area contributed by atoms with Crippen molar-refractivity contribution in [1.82, 2.24) is 5.43 Å². The second-order valence-electron chi connectivity index (χ2n) is 4.26. The number of hydrogen-bond donors (Lipinski definition) is 1. The molecular formula is C12H13BrF3N3. The first-order chi connectivity index (χ1) is 8.91. The van der Waals surface area contributed by atoms with Crippen LogP contribution in [0.25, 0.3) is 0 Å². The highest BCUT2D eigenvalue weighted by molar-refractivity contribution is 9.09. The molecule has 0 spiro atoms. The van der Waals surface area contributed by atoms with Crippen LogP contribution in [0.15, 0.2) is 29.4 Å². The van der Waals surface area contributed by atoms with E-state index in [4.69, 9.17) is 0 Å². The number of hydrazone groups is 1. The summed E-state index contributed by atoms with van der Waals surface area (Å²) in [6.07, 6.45) is -3.44. The van der Waals surface area contributed by atoms with Gasteiger partial charge < -0.3 is 0 Å². The topological polar surface area (TPSA) is 27.6 Å². The van der Waals surface area contributed by atoms with E-state index in [1.54, 1.807) is 0 Å². The molecule has 2 rings (SSSR count). The van der Waals surface area contributed by atoms with Crippen LogP contribution >= 0.6 is 15.9 Å². The fraction of sp³-hybridized carbons (Fsp3) is 0.417. The summed E-state index contributed by atoms with van der Waals surface area (Å²) in [6, 6.07) is 5.03. The van der Waals surface area contributed by atoms with Gasteiger partial charge >= 0.3 is 6.18 Å². The summed E-state index contributed by atoms with van der Waals surface area (Å²) < 4.78 is 37.4. The molecule has 0 saturated carbocycles. The summed E-state index contributed by atoms with van der Waals surface area (Å²) in [5.41, 5.74) is 3.98. The lowest BCUT2D eigenvalue weighted by atomic mass is 10.2. The third-order valence-electron chi connectivity index (χ3n) is 2.88. The first-order valence-corrected chi connectivity index (χ1v) is 6.88. The van der Waals surface area contributed by atoms with E-state index in [-0.39, 0.29) is 6.04 Å². The zero-order valence-electron chi connectivity index (χ0n) is 10.2. The van der Waals surface area contributed by atoms with Crippen LogP contribution in [0.4, 0.5) is 18.9 Å². The lowest BCUT2D eigenvalue weighted by molar-refractivity contribution is -0.137. The molecule has 1 unspecified atom stereocenters. The minimum absolute atomic E-state index is 0.113. The average molecular weight is 336 g/mol. The van der Waals surface area contributed by atoms with Crippen LogP contribution in [0.5, 0.6) is 0 Å². The predicted octanol–water partition coefficient (Wildman–Crippen LogP) is 3.56. The SMILES string of the molecule is CC1=NN(c2ccc(C(F)(F)F)cc2)NC1CCBr. The van der Waals surface area contributed by atoms with E-state index >= 15 is 0 Å². The Morgan fingerprint density at radius 2 is 1.95 bits per heavy atom. The van der Waals surface area contributed by atoms with Gasteiger partial charge in [0.15, 0.2) is 0 Å². The summed E-state index contributed by atoms with van der Waals surface area (Å²) >= 11 is 3.36. The maximum atomic E-state index is 12.5. The zero-order valence-corrected chi connectivity index (χ0v) is 11.8. The van der Waals surface area contributed by atoms with Crippen molar-refractivity contribution in [2.75, 3.05) is 10.4 Å². The van der Waals surface area contributed by atoms with Crippen molar-refractivity contribution in [3.05, 3.63) is 29.8 Å².